The van der Waals surface area contributed by atoms with Gasteiger partial charge in [0.15, 0.2) is 0 Å². The van der Waals surface area contributed by atoms with Crippen LogP contribution in [0.2, 0.25) is 10.0 Å². The maximum Gasteiger partial charge on any atom is 0.128 e. The zero-order valence-corrected chi connectivity index (χ0v) is 10.3. The van der Waals surface area contributed by atoms with Gasteiger partial charge in [0.1, 0.15) is 5.82 Å². The molecule has 0 radical (unpaired) electrons. The summed E-state index contributed by atoms with van der Waals surface area (Å²) >= 11 is 11.9. The summed E-state index contributed by atoms with van der Waals surface area (Å²) in [6, 6.07) is 6.98. The van der Waals surface area contributed by atoms with Crippen LogP contribution < -0.4 is 5.73 Å². The Balaban J connectivity index is 2.52. The van der Waals surface area contributed by atoms with Gasteiger partial charge in [-0.05, 0) is 29.8 Å². The summed E-state index contributed by atoms with van der Waals surface area (Å²) in [6.07, 6.45) is 1.62. The Morgan fingerprint density at radius 2 is 1.71 bits per heavy atom. The number of nitrogens with zero attached hydrogens (tertiary/aromatic N) is 1. The van der Waals surface area contributed by atoms with Crippen molar-refractivity contribution in [3.8, 4) is 11.1 Å². The Morgan fingerprint density at radius 1 is 1.06 bits per heavy atom. The number of pyridine rings is 1. The van der Waals surface area contributed by atoms with E-state index in [-0.39, 0.29) is 6.61 Å². The number of nitrogen functional groups attached to an aromatic ring is 1. The fourth-order valence-electron chi connectivity index (χ4n) is 1.53. The van der Waals surface area contributed by atoms with Gasteiger partial charge in [0.05, 0.1) is 6.61 Å². The summed E-state index contributed by atoms with van der Waals surface area (Å²) in [5, 5.41) is 10.2. The van der Waals surface area contributed by atoms with Crippen LogP contribution in [0.5, 0.6) is 0 Å². The predicted octanol–water partition coefficient (Wildman–Crippen LogP) is 3.13. The first kappa shape index (κ1) is 12.2. The number of hydrogen-bond donors (Lipinski definition) is 2. The molecule has 0 fully saturated rings. The lowest BCUT2D eigenvalue weighted by molar-refractivity contribution is 0.282. The molecule has 2 aromatic rings. The van der Waals surface area contributed by atoms with Gasteiger partial charge in [-0.1, -0.05) is 23.2 Å². The van der Waals surface area contributed by atoms with Crippen LogP contribution in [0.3, 0.4) is 0 Å². The van der Waals surface area contributed by atoms with Crippen LogP contribution in [0.15, 0.2) is 30.5 Å². The molecule has 0 spiro atoms. The van der Waals surface area contributed by atoms with E-state index in [1.54, 1.807) is 30.5 Å². The van der Waals surface area contributed by atoms with Crippen molar-refractivity contribution in [1.29, 1.82) is 0 Å². The van der Waals surface area contributed by atoms with Crippen molar-refractivity contribution in [1.82, 2.24) is 4.98 Å². The van der Waals surface area contributed by atoms with Crippen molar-refractivity contribution in [3.05, 3.63) is 46.1 Å². The molecule has 3 nitrogen and oxygen atoms in total. The van der Waals surface area contributed by atoms with E-state index < -0.39 is 0 Å². The molecule has 3 N–H and O–H groups in total. The highest BCUT2D eigenvalue weighted by molar-refractivity contribution is 6.35. The Bertz CT molecular complexity index is 538. The molecule has 0 aliphatic carbocycles. The Morgan fingerprint density at radius 3 is 2.29 bits per heavy atom. The lowest BCUT2D eigenvalue weighted by Gasteiger charge is -2.07. The van der Waals surface area contributed by atoms with Crippen LogP contribution in [0.1, 0.15) is 5.56 Å². The standard InChI is InChI=1S/C12H10Cl2N2O/c13-10-2-7(3-11(14)4-10)8-1-9(6-17)12(15)16-5-8/h1-5,17H,6H2,(H2,15,16). The van der Waals surface area contributed by atoms with E-state index in [1.165, 1.54) is 0 Å². The van der Waals surface area contributed by atoms with E-state index in [9.17, 15) is 0 Å². The number of hydrogen-bond acceptors (Lipinski definition) is 3. The van der Waals surface area contributed by atoms with E-state index in [0.717, 1.165) is 11.1 Å². The molecule has 0 aliphatic rings. The first-order valence-electron chi connectivity index (χ1n) is 4.92. The van der Waals surface area contributed by atoms with Gasteiger partial charge in [-0.2, -0.15) is 0 Å². The summed E-state index contributed by atoms with van der Waals surface area (Å²) in [4.78, 5) is 4.02. The van der Waals surface area contributed by atoms with E-state index in [1.807, 2.05) is 0 Å². The fourth-order valence-corrected chi connectivity index (χ4v) is 2.05. The summed E-state index contributed by atoms with van der Waals surface area (Å²) in [6.45, 7) is -0.152. The summed E-state index contributed by atoms with van der Waals surface area (Å²) in [7, 11) is 0. The molecule has 5 heteroatoms. The molecule has 0 bridgehead atoms. The van der Waals surface area contributed by atoms with Crippen molar-refractivity contribution in [2.75, 3.05) is 5.73 Å². The summed E-state index contributed by atoms with van der Waals surface area (Å²) < 4.78 is 0. The Labute approximate surface area is 109 Å². The molecule has 2 rings (SSSR count). The minimum atomic E-state index is -0.152. The van der Waals surface area contributed by atoms with Gasteiger partial charge in [0, 0.05) is 27.4 Å². The molecule has 1 heterocycles. The SMILES string of the molecule is Nc1ncc(-c2cc(Cl)cc(Cl)c2)cc1CO. The highest BCUT2D eigenvalue weighted by Crippen LogP contribution is 2.28. The largest absolute Gasteiger partial charge is 0.392 e. The highest BCUT2D eigenvalue weighted by atomic mass is 35.5. The molecule has 0 aliphatic heterocycles. The second kappa shape index (κ2) is 4.92. The summed E-state index contributed by atoms with van der Waals surface area (Å²) in [5.74, 6) is 0.323. The van der Waals surface area contributed by atoms with Crippen LogP contribution in [0.4, 0.5) is 5.82 Å². The van der Waals surface area contributed by atoms with E-state index in [2.05, 4.69) is 4.98 Å². The number of aromatic nitrogens is 1. The van der Waals surface area contributed by atoms with Crippen LogP contribution in [-0.4, -0.2) is 10.1 Å². The van der Waals surface area contributed by atoms with Gasteiger partial charge in [-0.3, -0.25) is 0 Å². The van der Waals surface area contributed by atoms with Gasteiger partial charge in [0.2, 0.25) is 0 Å². The van der Waals surface area contributed by atoms with Crippen LogP contribution in [0, 0.1) is 0 Å². The van der Waals surface area contributed by atoms with Crippen LogP contribution in [-0.2, 0) is 6.61 Å². The first-order valence-corrected chi connectivity index (χ1v) is 5.67. The lowest BCUT2D eigenvalue weighted by Crippen LogP contribution is -1.97. The maximum atomic E-state index is 9.13. The van der Waals surface area contributed by atoms with Crippen molar-refractivity contribution >= 4 is 29.0 Å². The maximum absolute atomic E-state index is 9.13. The summed E-state index contributed by atoms with van der Waals surface area (Å²) in [5.41, 5.74) is 7.85. The van der Waals surface area contributed by atoms with Crippen LogP contribution in [0.25, 0.3) is 11.1 Å². The molecule has 88 valence electrons. The average molecular weight is 269 g/mol. The van der Waals surface area contributed by atoms with Gasteiger partial charge in [-0.15, -0.1) is 0 Å². The molecular weight excluding hydrogens is 259 g/mol. The zero-order valence-electron chi connectivity index (χ0n) is 8.82. The Hall–Kier alpha value is -1.29. The number of aliphatic hydroxyl groups is 1. The fraction of sp³-hybridized carbons (Fsp3) is 0.0833. The van der Waals surface area contributed by atoms with Crippen molar-refractivity contribution in [3.63, 3.8) is 0 Å². The topological polar surface area (TPSA) is 59.1 Å². The minimum absolute atomic E-state index is 0.152. The van der Waals surface area contributed by atoms with Crippen LogP contribution >= 0.6 is 23.2 Å². The number of benzene rings is 1. The number of aliphatic hydroxyl groups excluding tert-OH is 1. The molecule has 0 atom stereocenters. The number of nitrogens with two attached hydrogens (primary N) is 1. The third kappa shape index (κ3) is 2.69. The van der Waals surface area contributed by atoms with Gasteiger partial charge in [0.25, 0.3) is 0 Å². The number of rotatable bonds is 2. The third-order valence-electron chi connectivity index (χ3n) is 2.37. The molecule has 0 unspecified atom stereocenters. The number of anilines is 1. The van der Waals surface area contributed by atoms with Gasteiger partial charge < -0.3 is 10.8 Å². The van der Waals surface area contributed by atoms with Crippen molar-refractivity contribution < 1.29 is 5.11 Å². The number of halogens is 2. The average Bonchev–Trinajstić information content (AvgIpc) is 2.28. The second-order valence-corrected chi connectivity index (χ2v) is 4.46. The second-order valence-electron chi connectivity index (χ2n) is 3.58. The zero-order chi connectivity index (χ0) is 12.4. The quantitative estimate of drug-likeness (QED) is 0.880. The molecular formula is C12H10Cl2N2O. The van der Waals surface area contributed by atoms with Crippen molar-refractivity contribution in [2.24, 2.45) is 0 Å². The molecule has 1 aromatic heterocycles. The highest BCUT2D eigenvalue weighted by Gasteiger charge is 2.05. The molecule has 0 saturated heterocycles. The first-order chi connectivity index (χ1) is 8.10. The predicted molar refractivity (Wildman–Crippen MR) is 70.0 cm³/mol. The molecule has 17 heavy (non-hydrogen) atoms. The van der Waals surface area contributed by atoms with Crippen molar-refractivity contribution in [2.45, 2.75) is 6.61 Å². The smallest absolute Gasteiger partial charge is 0.128 e. The minimum Gasteiger partial charge on any atom is -0.392 e. The molecule has 0 amide bonds. The third-order valence-corrected chi connectivity index (χ3v) is 2.80. The van der Waals surface area contributed by atoms with E-state index in [0.29, 0.717) is 21.4 Å². The molecule has 1 aromatic carbocycles. The normalized spacial score (nSPS) is 10.5. The monoisotopic (exact) mass is 268 g/mol. The van der Waals surface area contributed by atoms with E-state index >= 15 is 0 Å². The lowest BCUT2D eigenvalue weighted by atomic mass is 10.1. The Kier molecular flexibility index (Phi) is 3.52. The van der Waals surface area contributed by atoms with Gasteiger partial charge >= 0.3 is 0 Å². The van der Waals surface area contributed by atoms with Gasteiger partial charge in [-0.25, -0.2) is 4.98 Å². The molecule has 0 saturated carbocycles. The van der Waals surface area contributed by atoms with E-state index in [4.69, 9.17) is 34.0 Å².